The van der Waals surface area contributed by atoms with Gasteiger partial charge in [0.05, 0.1) is 18.3 Å². The van der Waals surface area contributed by atoms with Crippen molar-refractivity contribution in [2.24, 2.45) is 7.05 Å². The van der Waals surface area contributed by atoms with Crippen molar-refractivity contribution in [3.05, 3.63) is 33.3 Å². The lowest BCUT2D eigenvalue weighted by Crippen LogP contribution is -2.45. The molecular formula is C16H22N4OS. The summed E-state index contributed by atoms with van der Waals surface area (Å²) in [6.45, 7) is 4.02. The van der Waals surface area contributed by atoms with E-state index in [9.17, 15) is 0 Å². The molecule has 2 unspecified atom stereocenters. The fourth-order valence-electron chi connectivity index (χ4n) is 3.68. The first-order valence-corrected chi connectivity index (χ1v) is 8.87. The number of rotatable bonds is 2. The van der Waals surface area contributed by atoms with E-state index in [2.05, 4.69) is 28.6 Å². The molecule has 0 amide bonds. The molecule has 0 bridgehead atoms. The first kappa shape index (κ1) is 14.4. The summed E-state index contributed by atoms with van der Waals surface area (Å²) in [7, 11) is 1.91. The topological polar surface area (TPSA) is 52.0 Å². The van der Waals surface area contributed by atoms with Crippen LogP contribution in [0.1, 0.15) is 46.8 Å². The molecule has 1 spiro atoms. The van der Waals surface area contributed by atoms with Gasteiger partial charge >= 0.3 is 0 Å². The Labute approximate surface area is 134 Å². The van der Waals surface area contributed by atoms with E-state index in [0.29, 0.717) is 0 Å². The monoisotopic (exact) mass is 318 g/mol. The van der Waals surface area contributed by atoms with Gasteiger partial charge in [0.1, 0.15) is 5.60 Å². The number of nitrogens with one attached hydrogen (secondary N) is 1. The number of nitrogens with zero attached hydrogens (tertiary/aromatic N) is 3. The molecule has 2 aliphatic heterocycles. The van der Waals surface area contributed by atoms with Crippen LogP contribution in [0.25, 0.3) is 0 Å². The van der Waals surface area contributed by atoms with Crippen LogP contribution in [0, 0.1) is 0 Å². The van der Waals surface area contributed by atoms with Crippen molar-refractivity contribution < 1.29 is 4.74 Å². The normalized spacial score (nSPS) is 28.0. The van der Waals surface area contributed by atoms with Crippen LogP contribution in [0.3, 0.4) is 0 Å². The van der Waals surface area contributed by atoms with Gasteiger partial charge in [0.2, 0.25) is 0 Å². The number of thiophene rings is 1. The minimum absolute atomic E-state index is 0.126. The molecule has 0 aromatic carbocycles. The van der Waals surface area contributed by atoms with Crippen molar-refractivity contribution in [2.45, 2.75) is 44.2 Å². The molecule has 0 saturated carbocycles. The lowest BCUT2D eigenvalue weighted by atomic mass is 9.82. The zero-order valence-corrected chi connectivity index (χ0v) is 13.9. The van der Waals surface area contributed by atoms with Crippen LogP contribution in [-0.4, -0.2) is 28.1 Å². The maximum atomic E-state index is 6.36. The Kier molecular flexibility index (Phi) is 3.55. The summed E-state index contributed by atoms with van der Waals surface area (Å²) in [6.07, 6.45) is 6.16. The molecule has 118 valence electrons. The van der Waals surface area contributed by atoms with Crippen molar-refractivity contribution >= 4 is 11.3 Å². The Balaban J connectivity index is 1.68. The number of fused-ring (bicyclic) bond motifs is 2. The zero-order valence-electron chi connectivity index (χ0n) is 13.1. The summed E-state index contributed by atoms with van der Waals surface area (Å²) in [4.78, 5) is 2.94. The van der Waals surface area contributed by atoms with Crippen LogP contribution >= 0.6 is 11.3 Å². The summed E-state index contributed by atoms with van der Waals surface area (Å²) < 4.78 is 8.13. The lowest BCUT2D eigenvalue weighted by molar-refractivity contribution is -0.0871. The maximum Gasteiger partial charge on any atom is 0.106 e. The second-order valence-corrected chi connectivity index (χ2v) is 7.43. The Bertz CT molecular complexity index is 679. The molecule has 4 heterocycles. The average Bonchev–Trinajstić information content (AvgIpc) is 3.14. The van der Waals surface area contributed by atoms with Crippen molar-refractivity contribution in [1.29, 1.82) is 0 Å². The van der Waals surface area contributed by atoms with Gasteiger partial charge in [-0.15, -0.1) is 16.4 Å². The van der Waals surface area contributed by atoms with E-state index < -0.39 is 0 Å². The van der Waals surface area contributed by atoms with Gasteiger partial charge in [-0.1, -0.05) is 12.1 Å². The van der Waals surface area contributed by atoms with E-state index in [1.54, 1.807) is 4.68 Å². The summed E-state index contributed by atoms with van der Waals surface area (Å²) in [5.74, 6) is 0. The number of ether oxygens (including phenoxy) is 1. The summed E-state index contributed by atoms with van der Waals surface area (Å²) >= 11 is 1.95. The van der Waals surface area contributed by atoms with Crippen molar-refractivity contribution in [3.8, 4) is 0 Å². The number of aromatic nitrogens is 3. The fraction of sp³-hybridized carbons (Fsp3) is 0.625. The van der Waals surface area contributed by atoms with E-state index in [0.717, 1.165) is 44.5 Å². The van der Waals surface area contributed by atoms with Gasteiger partial charge in [0, 0.05) is 29.4 Å². The molecule has 0 radical (unpaired) electrons. The molecule has 1 fully saturated rings. The summed E-state index contributed by atoms with van der Waals surface area (Å²) in [6, 6.07) is 2.62. The molecule has 5 nitrogen and oxygen atoms in total. The van der Waals surface area contributed by atoms with Crippen molar-refractivity contribution in [3.63, 3.8) is 0 Å². The molecule has 2 aliphatic rings. The SMILES string of the molecule is CCc1cc2c(s1)C1(CCNC(c3cn(C)nn3)C1)OCC2. The minimum atomic E-state index is -0.126. The van der Waals surface area contributed by atoms with Crippen LogP contribution in [0.2, 0.25) is 0 Å². The molecule has 1 N–H and O–H groups in total. The van der Waals surface area contributed by atoms with Gasteiger partial charge in [-0.05, 0) is 37.4 Å². The fourth-order valence-corrected chi connectivity index (χ4v) is 5.01. The highest BCUT2D eigenvalue weighted by Crippen LogP contribution is 2.47. The van der Waals surface area contributed by atoms with Crippen molar-refractivity contribution in [1.82, 2.24) is 20.3 Å². The largest absolute Gasteiger partial charge is 0.369 e. The third-order valence-corrected chi connectivity index (χ3v) is 6.31. The molecule has 4 rings (SSSR count). The highest BCUT2D eigenvalue weighted by atomic mass is 32.1. The number of hydrogen-bond donors (Lipinski definition) is 1. The summed E-state index contributed by atoms with van der Waals surface area (Å²) in [5.41, 5.74) is 2.40. The molecule has 0 aliphatic carbocycles. The highest BCUT2D eigenvalue weighted by Gasteiger charge is 2.44. The van der Waals surface area contributed by atoms with Gasteiger partial charge in [-0.2, -0.15) is 0 Å². The predicted octanol–water partition coefficient (Wildman–Crippen LogP) is 2.33. The highest BCUT2D eigenvalue weighted by molar-refractivity contribution is 7.12. The predicted molar refractivity (Wildman–Crippen MR) is 86.0 cm³/mol. The molecule has 1 saturated heterocycles. The second kappa shape index (κ2) is 5.44. The Morgan fingerprint density at radius 1 is 1.55 bits per heavy atom. The van der Waals surface area contributed by atoms with E-state index >= 15 is 0 Å². The van der Waals surface area contributed by atoms with Gasteiger partial charge in [0.15, 0.2) is 0 Å². The number of hydrogen-bond acceptors (Lipinski definition) is 5. The third-order valence-electron chi connectivity index (χ3n) is 4.80. The molecule has 2 atom stereocenters. The average molecular weight is 318 g/mol. The molecule has 6 heteroatoms. The van der Waals surface area contributed by atoms with Crippen LogP contribution in [0.4, 0.5) is 0 Å². The standard InChI is InChI=1S/C16H22N4OS/c1-3-12-8-11-4-7-21-16(15(11)22-12)5-6-17-13(9-16)14-10-20(2)19-18-14/h8,10,13,17H,3-7,9H2,1-2H3. The quantitative estimate of drug-likeness (QED) is 0.923. The molecule has 22 heavy (non-hydrogen) atoms. The van der Waals surface area contributed by atoms with Crippen molar-refractivity contribution in [2.75, 3.05) is 13.2 Å². The second-order valence-electron chi connectivity index (χ2n) is 6.29. The van der Waals surface area contributed by atoms with E-state index in [4.69, 9.17) is 4.74 Å². The number of aryl methyl sites for hydroxylation is 2. The summed E-state index contributed by atoms with van der Waals surface area (Å²) in [5, 5.41) is 11.9. The van der Waals surface area contributed by atoms with E-state index in [1.165, 1.54) is 15.3 Å². The van der Waals surface area contributed by atoms with Gasteiger partial charge in [-0.25, -0.2) is 0 Å². The minimum Gasteiger partial charge on any atom is -0.369 e. The van der Waals surface area contributed by atoms with Gasteiger partial charge in [-0.3, -0.25) is 4.68 Å². The molecular weight excluding hydrogens is 296 g/mol. The first-order chi connectivity index (χ1) is 10.7. The molecule has 2 aromatic heterocycles. The molecule has 2 aromatic rings. The Hall–Kier alpha value is -1.24. The van der Waals surface area contributed by atoms with E-state index in [-0.39, 0.29) is 11.6 Å². The van der Waals surface area contributed by atoms with Crippen LogP contribution in [0.5, 0.6) is 0 Å². The van der Waals surface area contributed by atoms with E-state index in [1.807, 2.05) is 24.6 Å². The maximum absolute atomic E-state index is 6.36. The third kappa shape index (κ3) is 2.30. The lowest BCUT2D eigenvalue weighted by Gasteiger charge is -2.43. The number of piperidine rings is 1. The Morgan fingerprint density at radius 2 is 2.45 bits per heavy atom. The Morgan fingerprint density at radius 3 is 3.23 bits per heavy atom. The van der Waals surface area contributed by atoms with Crippen LogP contribution in [-0.2, 0) is 30.2 Å². The smallest absolute Gasteiger partial charge is 0.106 e. The van der Waals surface area contributed by atoms with Gasteiger partial charge in [0.25, 0.3) is 0 Å². The first-order valence-electron chi connectivity index (χ1n) is 8.06. The van der Waals surface area contributed by atoms with Gasteiger partial charge < -0.3 is 10.1 Å². The zero-order chi connectivity index (χ0) is 15.2. The van der Waals surface area contributed by atoms with Crippen LogP contribution in [0.15, 0.2) is 12.3 Å². The van der Waals surface area contributed by atoms with Crippen LogP contribution < -0.4 is 5.32 Å².